The molecule has 2 aliphatic heterocycles. The van der Waals surface area contributed by atoms with Crippen LogP contribution in [-0.4, -0.2) is 35.6 Å². The van der Waals surface area contributed by atoms with Crippen LogP contribution in [0, 0.1) is 6.92 Å². The molecule has 0 aliphatic carbocycles. The molecule has 0 saturated carbocycles. The molecule has 0 bridgehead atoms. The molecule has 0 spiro atoms. The number of fused-ring (bicyclic) bond motifs is 1. The van der Waals surface area contributed by atoms with E-state index >= 15 is 0 Å². The van der Waals surface area contributed by atoms with Gasteiger partial charge in [0.2, 0.25) is 0 Å². The smallest absolute Gasteiger partial charge is 0.164 e. The molecule has 2 aromatic carbocycles. The van der Waals surface area contributed by atoms with E-state index in [4.69, 9.17) is 18.9 Å². The third-order valence-electron chi connectivity index (χ3n) is 5.13. The molecule has 5 heteroatoms. The molecule has 0 radical (unpaired) electrons. The Hall–Kier alpha value is -1.37. The Morgan fingerprint density at radius 1 is 0.964 bits per heavy atom. The minimum atomic E-state index is -0.634. The van der Waals surface area contributed by atoms with Gasteiger partial charge in [0.15, 0.2) is 5.79 Å². The first-order chi connectivity index (χ1) is 13.4. The van der Waals surface area contributed by atoms with Crippen molar-refractivity contribution in [1.82, 2.24) is 0 Å². The summed E-state index contributed by atoms with van der Waals surface area (Å²) in [6.45, 7) is 8.57. The Balaban J connectivity index is 1.55. The first-order valence-corrected chi connectivity index (χ1v) is 10.7. The van der Waals surface area contributed by atoms with E-state index in [1.807, 2.05) is 32.0 Å². The van der Waals surface area contributed by atoms with Gasteiger partial charge in [-0.3, -0.25) is 0 Å². The molecule has 0 unspecified atom stereocenters. The van der Waals surface area contributed by atoms with Gasteiger partial charge in [0.05, 0.1) is 12.7 Å². The van der Waals surface area contributed by atoms with Crippen LogP contribution in [0.15, 0.2) is 59.5 Å². The average Bonchev–Trinajstić information content (AvgIpc) is 3.00. The highest BCUT2D eigenvalue weighted by atomic mass is 32.2. The van der Waals surface area contributed by atoms with Crippen molar-refractivity contribution in [3.05, 3.63) is 65.7 Å². The molecule has 2 saturated heterocycles. The molecule has 4 rings (SSSR count). The first kappa shape index (κ1) is 19.9. The molecule has 0 aromatic heterocycles. The maximum absolute atomic E-state index is 6.38. The van der Waals surface area contributed by atoms with Crippen LogP contribution in [0.1, 0.15) is 31.9 Å². The van der Waals surface area contributed by atoms with Crippen molar-refractivity contribution in [3.63, 3.8) is 0 Å². The molecular weight excluding hydrogens is 372 g/mol. The zero-order valence-corrected chi connectivity index (χ0v) is 17.6. The number of rotatable bonds is 5. The predicted octanol–water partition coefficient (Wildman–Crippen LogP) is 4.94. The monoisotopic (exact) mass is 400 g/mol. The molecule has 2 heterocycles. The number of hydrogen-bond acceptors (Lipinski definition) is 5. The van der Waals surface area contributed by atoms with E-state index in [1.165, 1.54) is 5.56 Å². The lowest BCUT2D eigenvalue weighted by atomic mass is 10.0. The fourth-order valence-corrected chi connectivity index (χ4v) is 4.90. The third kappa shape index (κ3) is 4.44. The molecule has 0 N–H and O–H groups in total. The highest BCUT2D eigenvalue weighted by molar-refractivity contribution is 7.99. The number of aryl methyl sites for hydroxylation is 1. The molecule has 2 fully saturated rings. The molecule has 150 valence electrons. The normalized spacial score (nSPS) is 31.5. The second-order valence-corrected chi connectivity index (χ2v) is 9.14. The van der Waals surface area contributed by atoms with Crippen LogP contribution in [0.5, 0.6) is 0 Å². The Morgan fingerprint density at radius 2 is 1.64 bits per heavy atom. The summed E-state index contributed by atoms with van der Waals surface area (Å²) in [5.74, 6) is -0.634. The van der Waals surface area contributed by atoms with E-state index in [9.17, 15) is 0 Å². The Morgan fingerprint density at radius 3 is 2.36 bits per heavy atom. The van der Waals surface area contributed by atoms with E-state index in [0.29, 0.717) is 6.61 Å². The SMILES string of the molecule is Cc1ccc(S[C@H]2O[C@@H](C)[C@H]3OC(C)(C)O[C@H]3[C@@H]2OCc2ccccc2)cc1. The van der Waals surface area contributed by atoms with E-state index < -0.39 is 5.79 Å². The fraction of sp³-hybridized carbons (Fsp3) is 0.478. The van der Waals surface area contributed by atoms with Crippen molar-refractivity contribution >= 4 is 11.8 Å². The van der Waals surface area contributed by atoms with Gasteiger partial charge in [-0.05, 0) is 45.4 Å². The molecule has 2 aromatic rings. The van der Waals surface area contributed by atoms with Gasteiger partial charge in [0.1, 0.15) is 23.7 Å². The molecule has 28 heavy (non-hydrogen) atoms. The van der Waals surface area contributed by atoms with Gasteiger partial charge >= 0.3 is 0 Å². The van der Waals surface area contributed by atoms with Crippen molar-refractivity contribution in [2.24, 2.45) is 0 Å². The summed E-state index contributed by atoms with van der Waals surface area (Å²) in [5, 5.41) is 0. The standard InChI is InChI=1S/C23H28O4S/c1-15-10-12-18(13-11-15)28-22-21(24-14-17-8-6-5-7-9-17)20-19(16(2)25-22)26-23(3,4)27-20/h5-13,16,19-22H,14H2,1-4H3/t16-,19+,20+,21-,22+/m0/s1. The number of thioether (sulfide) groups is 1. The second kappa shape index (κ2) is 8.17. The van der Waals surface area contributed by atoms with E-state index in [2.05, 4.69) is 50.2 Å². The molecule has 4 nitrogen and oxygen atoms in total. The average molecular weight is 401 g/mol. The largest absolute Gasteiger partial charge is 0.367 e. The third-order valence-corrected chi connectivity index (χ3v) is 6.28. The zero-order chi connectivity index (χ0) is 19.7. The van der Waals surface area contributed by atoms with Crippen LogP contribution in [-0.2, 0) is 25.6 Å². The van der Waals surface area contributed by atoms with E-state index in [-0.39, 0.29) is 29.9 Å². The van der Waals surface area contributed by atoms with Crippen molar-refractivity contribution in [1.29, 1.82) is 0 Å². The molecular formula is C23H28O4S. The van der Waals surface area contributed by atoms with Gasteiger partial charge in [-0.1, -0.05) is 59.8 Å². The van der Waals surface area contributed by atoms with Crippen molar-refractivity contribution < 1.29 is 18.9 Å². The van der Waals surface area contributed by atoms with Gasteiger partial charge in [0, 0.05) is 4.90 Å². The van der Waals surface area contributed by atoms with Crippen molar-refractivity contribution in [2.75, 3.05) is 0 Å². The Labute approximate surface area is 171 Å². The molecule has 0 amide bonds. The fourth-order valence-electron chi connectivity index (χ4n) is 3.74. The first-order valence-electron chi connectivity index (χ1n) is 9.81. The maximum atomic E-state index is 6.38. The summed E-state index contributed by atoms with van der Waals surface area (Å²) in [7, 11) is 0. The second-order valence-electron chi connectivity index (χ2n) is 7.97. The lowest BCUT2D eigenvalue weighted by molar-refractivity contribution is -0.175. The Bertz CT molecular complexity index is 777. The Kier molecular flexibility index (Phi) is 5.81. The van der Waals surface area contributed by atoms with Crippen LogP contribution in [0.2, 0.25) is 0 Å². The summed E-state index contributed by atoms with van der Waals surface area (Å²) in [6.07, 6.45) is -0.586. The minimum absolute atomic E-state index is 0.0636. The van der Waals surface area contributed by atoms with Crippen LogP contribution >= 0.6 is 11.8 Å². The lowest BCUT2D eigenvalue weighted by Gasteiger charge is -2.40. The summed E-state index contributed by atoms with van der Waals surface area (Å²) < 4.78 is 25.1. The lowest BCUT2D eigenvalue weighted by Crippen LogP contribution is -2.55. The highest BCUT2D eigenvalue weighted by Gasteiger charge is 2.54. The van der Waals surface area contributed by atoms with Gasteiger partial charge in [-0.25, -0.2) is 0 Å². The molecule has 2 aliphatic rings. The van der Waals surface area contributed by atoms with Crippen molar-refractivity contribution in [2.45, 2.75) is 74.8 Å². The van der Waals surface area contributed by atoms with Gasteiger partial charge in [0.25, 0.3) is 0 Å². The number of ether oxygens (including phenoxy) is 4. The number of hydrogen-bond donors (Lipinski definition) is 0. The van der Waals surface area contributed by atoms with Crippen LogP contribution in [0.4, 0.5) is 0 Å². The maximum Gasteiger partial charge on any atom is 0.164 e. The predicted molar refractivity (Wildman–Crippen MR) is 110 cm³/mol. The van der Waals surface area contributed by atoms with Crippen LogP contribution < -0.4 is 0 Å². The van der Waals surface area contributed by atoms with Gasteiger partial charge < -0.3 is 18.9 Å². The number of benzene rings is 2. The van der Waals surface area contributed by atoms with Gasteiger partial charge in [-0.2, -0.15) is 0 Å². The van der Waals surface area contributed by atoms with Crippen molar-refractivity contribution in [3.8, 4) is 0 Å². The molecule has 5 atom stereocenters. The summed E-state index contributed by atoms with van der Waals surface area (Å²) in [5.41, 5.74) is 2.21. The van der Waals surface area contributed by atoms with E-state index in [1.54, 1.807) is 11.8 Å². The minimum Gasteiger partial charge on any atom is -0.367 e. The zero-order valence-electron chi connectivity index (χ0n) is 16.8. The summed E-state index contributed by atoms with van der Waals surface area (Å²) in [4.78, 5) is 1.16. The van der Waals surface area contributed by atoms with E-state index in [0.717, 1.165) is 10.5 Å². The topological polar surface area (TPSA) is 36.9 Å². The quantitative estimate of drug-likeness (QED) is 0.711. The summed E-state index contributed by atoms with van der Waals surface area (Å²) >= 11 is 1.69. The van der Waals surface area contributed by atoms with Crippen LogP contribution in [0.25, 0.3) is 0 Å². The van der Waals surface area contributed by atoms with Gasteiger partial charge in [-0.15, -0.1) is 0 Å². The van der Waals surface area contributed by atoms with Crippen LogP contribution in [0.3, 0.4) is 0 Å². The highest BCUT2D eigenvalue weighted by Crippen LogP contribution is 2.43. The summed E-state index contributed by atoms with van der Waals surface area (Å²) in [6, 6.07) is 18.7.